The van der Waals surface area contributed by atoms with E-state index in [4.69, 9.17) is 16.0 Å². The molecule has 2 amide bonds. The molecule has 1 aromatic carbocycles. The zero-order valence-corrected chi connectivity index (χ0v) is 19.9. The van der Waals surface area contributed by atoms with Crippen molar-refractivity contribution in [3.05, 3.63) is 64.0 Å². The number of nitrogens with zero attached hydrogens (tertiary/aromatic N) is 2. The third-order valence-electron chi connectivity index (χ3n) is 4.69. The van der Waals surface area contributed by atoms with Gasteiger partial charge < -0.3 is 20.0 Å². The van der Waals surface area contributed by atoms with E-state index in [1.165, 1.54) is 11.3 Å². The lowest BCUT2D eigenvalue weighted by Crippen LogP contribution is -2.35. The molecule has 0 bridgehead atoms. The fourth-order valence-corrected chi connectivity index (χ4v) is 3.79. The number of aryl methyl sites for hydroxylation is 1. The molecule has 0 unspecified atom stereocenters. The van der Waals surface area contributed by atoms with Crippen LogP contribution in [0.5, 0.6) is 0 Å². The molecule has 7 nitrogen and oxygen atoms in total. The molecule has 0 radical (unpaired) electrons. The van der Waals surface area contributed by atoms with Gasteiger partial charge in [0.2, 0.25) is 5.91 Å². The highest BCUT2D eigenvalue weighted by atomic mass is 35.5. The molecule has 3 rings (SSSR count). The smallest absolute Gasteiger partial charge is 0.273 e. The fourth-order valence-electron chi connectivity index (χ4n) is 2.92. The number of furan rings is 1. The van der Waals surface area contributed by atoms with Crippen LogP contribution < -0.4 is 10.6 Å². The Bertz CT molecular complexity index is 1050. The summed E-state index contributed by atoms with van der Waals surface area (Å²) in [5.41, 5.74) is 2.16. The lowest BCUT2D eigenvalue weighted by Gasteiger charge is -2.20. The SMILES string of the molecule is Cc1ccc(Cl)cc1Nc1nc(C(=O)N(CCC(=O)NCC(C)C)Cc2ccco2)cs1. The minimum absolute atomic E-state index is 0.0898. The highest BCUT2D eigenvalue weighted by Crippen LogP contribution is 2.26. The van der Waals surface area contributed by atoms with E-state index >= 15 is 0 Å². The van der Waals surface area contributed by atoms with Gasteiger partial charge >= 0.3 is 0 Å². The standard InChI is InChI=1S/C23H27ClN4O3S/c1-15(2)12-25-21(29)8-9-28(13-18-5-4-10-31-18)22(30)20-14-32-23(27-20)26-19-11-17(24)7-6-16(19)3/h4-7,10-11,14-15H,8-9,12-13H2,1-3H3,(H,25,29)(H,26,27). The maximum absolute atomic E-state index is 13.2. The summed E-state index contributed by atoms with van der Waals surface area (Å²) < 4.78 is 5.41. The highest BCUT2D eigenvalue weighted by Gasteiger charge is 2.21. The Hall–Kier alpha value is -2.84. The van der Waals surface area contributed by atoms with Crippen molar-refractivity contribution in [2.45, 2.75) is 33.7 Å². The van der Waals surface area contributed by atoms with Crippen LogP contribution in [-0.4, -0.2) is 34.8 Å². The van der Waals surface area contributed by atoms with E-state index < -0.39 is 0 Å². The number of rotatable bonds is 10. The minimum Gasteiger partial charge on any atom is -0.467 e. The summed E-state index contributed by atoms with van der Waals surface area (Å²) in [5.74, 6) is 0.658. The number of thiazole rings is 1. The fraction of sp³-hybridized carbons (Fsp3) is 0.348. The van der Waals surface area contributed by atoms with Crippen LogP contribution in [0.2, 0.25) is 5.02 Å². The second-order valence-corrected chi connectivity index (χ2v) is 9.17. The van der Waals surface area contributed by atoms with Gasteiger partial charge in [0.25, 0.3) is 5.91 Å². The Kier molecular flexibility index (Phi) is 8.30. The lowest BCUT2D eigenvalue weighted by molar-refractivity contribution is -0.121. The Balaban J connectivity index is 1.69. The molecular weight excluding hydrogens is 448 g/mol. The molecule has 3 aromatic rings. The van der Waals surface area contributed by atoms with E-state index in [2.05, 4.69) is 15.6 Å². The number of anilines is 2. The van der Waals surface area contributed by atoms with E-state index in [1.807, 2.05) is 39.0 Å². The Morgan fingerprint density at radius 3 is 2.81 bits per heavy atom. The predicted octanol–water partition coefficient (Wildman–Crippen LogP) is 5.25. The van der Waals surface area contributed by atoms with Gasteiger partial charge in [0, 0.05) is 35.6 Å². The molecule has 2 heterocycles. The van der Waals surface area contributed by atoms with E-state index in [-0.39, 0.29) is 31.3 Å². The van der Waals surface area contributed by atoms with Gasteiger partial charge in [-0.25, -0.2) is 4.98 Å². The number of halogens is 1. The van der Waals surface area contributed by atoms with Gasteiger partial charge in [-0.15, -0.1) is 11.3 Å². The molecule has 0 saturated heterocycles. The molecule has 0 fully saturated rings. The topological polar surface area (TPSA) is 87.5 Å². The van der Waals surface area contributed by atoms with Gasteiger partial charge in [-0.1, -0.05) is 31.5 Å². The van der Waals surface area contributed by atoms with Crippen LogP contribution in [0.3, 0.4) is 0 Å². The molecule has 2 aromatic heterocycles. The third-order valence-corrected chi connectivity index (χ3v) is 5.69. The third kappa shape index (κ3) is 6.83. The molecule has 9 heteroatoms. The van der Waals surface area contributed by atoms with Crippen LogP contribution in [0.15, 0.2) is 46.4 Å². The minimum atomic E-state index is -0.259. The van der Waals surface area contributed by atoms with Crippen molar-refractivity contribution in [2.75, 3.05) is 18.4 Å². The monoisotopic (exact) mass is 474 g/mol. The van der Waals surface area contributed by atoms with Crippen LogP contribution in [0, 0.1) is 12.8 Å². The molecule has 0 atom stereocenters. The summed E-state index contributed by atoms with van der Waals surface area (Å²) in [5, 5.41) is 9.01. The van der Waals surface area contributed by atoms with Crippen molar-refractivity contribution < 1.29 is 14.0 Å². The molecule has 2 N–H and O–H groups in total. The van der Waals surface area contributed by atoms with Crippen LogP contribution in [0.25, 0.3) is 0 Å². The van der Waals surface area contributed by atoms with Gasteiger partial charge in [0.1, 0.15) is 11.5 Å². The maximum atomic E-state index is 13.2. The average Bonchev–Trinajstić information content (AvgIpc) is 3.44. The van der Waals surface area contributed by atoms with Crippen molar-refractivity contribution in [2.24, 2.45) is 5.92 Å². The largest absolute Gasteiger partial charge is 0.467 e. The van der Waals surface area contributed by atoms with Gasteiger partial charge in [-0.2, -0.15) is 0 Å². The van der Waals surface area contributed by atoms with Crippen molar-refractivity contribution in [3.8, 4) is 0 Å². The molecule has 0 spiro atoms. The zero-order valence-electron chi connectivity index (χ0n) is 18.4. The van der Waals surface area contributed by atoms with Crippen molar-refractivity contribution in [1.82, 2.24) is 15.2 Å². The molecule has 0 aliphatic carbocycles. The second kappa shape index (κ2) is 11.2. The first-order valence-electron chi connectivity index (χ1n) is 10.4. The van der Waals surface area contributed by atoms with Crippen LogP contribution in [0.4, 0.5) is 10.8 Å². The summed E-state index contributed by atoms with van der Waals surface area (Å²) >= 11 is 7.42. The van der Waals surface area contributed by atoms with Gasteiger partial charge in [-0.3, -0.25) is 9.59 Å². The Morgan fingerprint density at radius 2 is 2.09 bits per heavy atom. The quantitative estimate of drug-likeness (QED) is 0.419. The average molecular weight is 475 g/mol. The summed E-state index contributed by atoms with van der Waals surface area (Å²) in [6, 6.07) is 9.13. The number of carbonyl (C=O) groups is 2. The second-order valence-electron chi connectivity index (χ2n) is 7.88. The summed E-state index contributed by atoms with van der Waals surface area (Å²) in [6.45, 7) is 7.16. The number of aromatic nitrogens is 1. The number of nitrogens with one attached hydrogen (secondary N) is 2. The molecule has 0 aliphatic heterocycles. The lowest BCUT2D eigenvalue weighted by atomic mass is 10.2. The first-order chi connectivity index (χ1) is 15.3. The number of amides is 2. The normalized spacial score (nSPS) is 10.9. The maximum Gasteiger partial charge on any atom is 0.273 e. The molecule has 0 aliphatic rings. The molecular formula is C23H27ClN4O3S. The highest BCUT2D eigenvalue weighted by molar-refractivity contribution is 7.14. The molecule has 0 saturated carbocycles. The van der Waals surface area contributed by atoms with E-state index in [9.17, 15) is 9.59 Å². The zero-order chi connectivity index (χ0) is 23.1. The number of benzene rings is 1. The number of hydrogen-bond donors (Lipinski definition) is 2. The Labute approximate surface area is 196 Å². The van der Waals surface area contributed by atoms with E-state index in [0.29, 0.717) is 34.1 Å². The number of hydrogen-bond acceptors (Lipinski definition) is 6. The Morgan fingerprint density at radius 1 is 1.28 bits per heavy atom. The van der Waals surface area contributed by atoms with Crippen LogP contribution in [-0.2, 0) is 11.3 Å². The summed E-state index contributed by atoms with van der Waals surface area (Å²) in [7, 11) is 0. The van der Waals surface area contributed by atoms with Gasteiger partial charge in [0.05, 0.1) is 12.8 Å². The first kappa shape index (κ1) is 23.8. The van der Waals surface area contributed by atoms with Crippen LogP contribution >= 0.6 is 22.9 Å². The van der Waals surface area contributed by atoms with Crippen LogP contribution in [0.1, 0.15) is 42.1 Å². The van der Waals surface area contributed by atoms with Gasteiger partial charge in [-0.05, 0) is 42.7 Å². The van der Waals surface area contributed by atoms with Crippen molar-refractivity contribution >= 4 is 45.6 Å². The van der Waals surface area contributed by atoms with E-state index in [0.717, 1.165) is 11.3 Å². The van der Waals surface area contributed by atoms with Crippen molar-refractivity contribution in [3.63, 3.8) is 0 Å². The number of carbonyl (C=O) groups excluding carboxylic acids is 2. The summed E-state index contributed by atoms with van der Waals surface area (Å²) in [6.07, 6.45) is 1.77. The van der Waals surface area contributed by atoms with E-state index in [1.54, 1.807) is 28.7 Å². The predicted molar refractivity (Wildman–Crippen MR) is 127 cm³/mol. The molecule has 32 heavy (non-hydrogen) atoms. The first-order valence-corrected chi connectivity index (χ1v) is 11.6. The summed E-state index contributed by atoms with van der Waals surface area (Å²) in [4.78, 5) is 31.4. The molecule has 170 valence electrons. The van der Waals surface area contributed by atoms with Gasteiger partial charge in [0.15, 0.2) is 5.13 Å². The van der Waals surface area contributed by atoms with Crippen molar-refractivity contribution in [1.29, 1.82) is 0 Å².